The van der Waals surface area contributed by atoms with Gasteiger partial charge in [-0.1, -0.05) is 6.08 Å². The number of nitrogens with zero attached hydrogens (tertiary/aromatic N) is 3. The van der Waals surface area contributed by atoms with Crippen molar-refractivity contribution >= 4 is 5.96 Å². The van der Waals surface area contributed by atoms with E-state index >= 15 is 0 Å². The van der Waals surface area contributed by atoms with Crippen LogP contribution >= 0.6 is 0 Å². The van der Waals surface area contributed by atoms with Gasteiger partial charge in [-0.3, -0.25) is 0 Å². The minimum absolute atomic E-state index is 0.0271. The summed E-state index contributed by atoms with van der Waals surface area (Å²) in [5, 5.41) is 8.94. The van der Waals surface area contributed by atoms with E-state index in [1.807, 2.05) is 31.9 Å². The van der Waals surface area contributed by atoms with Crippen LogP contribution in [0.4, 0.5) is 0 Å². The zero-order valence-corrected chi connectivity index (χ0v) is 8.86. The molecule has 0 saturated carbocycles. The van der Waals surface area contributed by atoms with Gasteiger partial charge >= 0.3 is 0 Å². The fraction of sp³-hybridized carbons (Fsp3) is 0.667. The summed E-state index contributed by atoms with van der Waals surface area (Å²) in [7, 11) is 3.74. The van der Waals surface area contributed by atoms with Crippen LogP contribution in [0.5, 0.6) is 0 Å². The largest absolute Gasteiger partial charge is 0.376 e. The molecule has 0 aromatic carbocycles. The summed E-state index contributed by atoms with van der Waals surface area (Å²) in [4.78, 5) is 7.86. The highest BCUT2D eigenvalue weighted by Crippen LogP contribution is 1.94. The van der Waals surface area contributed by atoms with Gasteiger partial charge in [0.05, 0.1) is 0 Å². The Labute approximate surface area is 80.2 Å². The number of rotatable bonds is 3. The summed E-state index contributed by atoms with van der Waals surface area (Å²) in [5.41, 5.74) is 0. The van der Waals surface area contributed by atoms with Crippen molar-refractivity contribution in [2.24, 2.45) is 4.99 Å². The first-order valence-corrected chi connectivity index (χ1v) is 4.39. The highest BCUT2D eigenvalue weighted by Gasteiger charge is 2.07. The second-order valence-electron chi connectivity index (χ2n) is 2.77. The van der Waals surface area contributed by atoms with E-state index in [4.69, 9.17) is 5.11 Å². The summed E-state index contributed by atoms with van der Waals surface area (Å²) < 4.78 is 0. The first-order chi connectivity index (χ1) is 6.17. The Morgan fingerprint density at radius 2 is 2.00 bits per heavy atom. The molecule has 0 fully saturated rings. The molecule has 13 heavy (non-hydrogen) atoms. The number of allylic oxidation sites excluding steroid dienone is 1. The number of guanidine groups is 1. The third kappa shape index (κ3) is 3.94. The molecule has 0 heterocycles. The topological polar surface area (TPSA) is 39.1 Å². The van der Waals surface area contributed by atoms with Crippen molar-refractivity contribution < 1.29 is 5.11 Å². The number of aliphatic hydroxyl groups is 1. The maximum atomic E-state index is 8.94. The average Bonchev–Trinajstić information content (AvgIpc) is 2.17. The van der Waals surface area contributed by atoms with Crippen molar-refractivity contribution in [3.05, 3.63) is 12.3 Å². The number of aliphatic hydroxyl groups excluding tert-OH is 1. The second-order valence-corrected chi connectivity index (χ2v) is 2.77. The smallest absolute Gasteiger partial charge is 0.202 e. The molecule has 76 valence electrons. The molecule has 0 aliphatic heterocycles. The van der Waals surface area contributed by atoms with Gasteiger partial charge in [-0.2, -0.15) is 0 Å². The van der Waals surface area contributed by atoms with Crippen LogP contribution < -0.4 is 0 Å². The summed E-state index contributed by atoms with van der Waals surface area (Å²) >= 11 is 0. The molecule has 0 aliphatic carbocycles. The van der Waals surface area contributed by atoms with Crippen LogP contribution in [0.2, 0.25) is 0 Å². The van der Waals surface area contributed by atoms with E-state index < -0.39 is 0 Å². The Morgan fingerprint density at radius 1 is 1.38 bits per heavy atom. The molecule has 0 bridgehead atoms. The lowest BCUT2D eigenvalue weighted by Gasteiger charge is -2.26. The Morgan fingerprint density at radius 3 is 2.38 bits per heavy atom. The summed E-state index contributed by atoms with van der Waals surface area (Å²) in [6.07, 6.45) is 3.57. The second kappa shape index (κ2) is 6.48. The molecular formula is C9H19N3O. The number of hydrogen-bond donors (Lipinski definition) is 1. The molecule has 1 N–H and O–H groups in total. The molecule has 0 radical (unpaired) electrons. The SMILES string of the molecule is C/C=C/N=C(/N(C)CC)N(C)CO. The Bertz CT molecular complexity index is 177. The van der Waals surface area contributed by atoms with Gasteiger partial charge in [0.25, 0.3) is 0 Å². The van der Waals surface area contributed by atoms with E-state index in [0.717, 1.165) is 12.5 Å². The van der Waals surface area contributed by atoms with Gasteiger partial charge in [-0.15, -0.1) is 0 Å². The molecule has 0 unspecified atom stereocenters. The molecule has 0 aliphatic rings. The van der Waals surface area contributed by atoms with Crippen molar-refractivity contribution in [3.8, 4) is 0 Å². The van der Waals surface area contributed by atoms with Crippen LogP contribution in [-0.2, 0) is 0 Å². The lowest BCUT2D eigenvalue weighted by Crippen LogP contribution is -2.40. The van der Waals surface area contributed by atoms with Gasteiger partial charge in [-0.25, -0.2) is 4.99 Å². The van der Waals surface area contributed by atoms with E-state index in [9.17, 15) is 0 Å². The molecule has 0 atom stereocenters. The molecule has 4 nitrogen and oxygen atoms in total. The van der Waals surface area contributed by atoms with E-state index in [0.29, 0.717) is 0 Å². The predicted octanol–water partition coefficient (Wildman–Crippen LogP) is 0.709. The summed E-state index contributed by atoms with van der Waals surface area (Å²) in [6.45, 7) is 4.78. The van der Waals surface area contributed by atoms with E-state index in [2.05, 4.69) is 4.99 Å². The molecule has 0 amide bonds. The number of hydrogen-bond acceptors (Lipinski definition) is 2. The molecule has 0 saturated heterocycles. The third-order valence-corrected chi connectivity index (χ3v) is 1.71. The third-order valence-electron chi connectivity index (χ3n) is 1.71. The maximum absolute atomic E-state index is 8.94. The van der Waals surface area contributed by atoms with E-state index in [-0.39, 0.29) is 6.73 Å². The highest BCUT2D eigenvalue weighted by molar-refractivity contribution is 5.80. The van der Waals surface area contributed by atoms with Gasteiger partial charge < -0.3 is 14.9 Å². The first-order valence-electron chi connectivity index (χ1n) is 4.39. The molecule has 0 spiro atoms. The van der Waals surface area contributed by atoms with Gasteiger partial charge in [0.2, 0.25) is 5.96 Å². The maximum Gasteiger partial charge on any atom is 0.202 e. The first kappa shape index (κ1) is 12.0. The van der Waals surface area contributed by atoms with Crippen LogP contribution in [0, 0.1) is 0 Å². The van der Waals surface area contributed by atoms with Crippen LogP contribution in [0.25, 0.3) is 0 Å². The fourth-order valence-corrected chi connectivity index (χ4v) is 0.834. The molecule has 0 rings (SSSR count). The van der Waals surface area contributed by atoms with Crippen LogP contribution in [0.3, 0.4) is 0 Å². The van der Waals surface area contributed by atoms with Crippen molar-refractivity contribution in [2.45, 2.75) is 13.8 Å². The lowest BCUT2D eigenvalue weighted by atomic mass is 10.6. The van der Waals surface area contributed by atoms with E-state index in [1.165, 1.54) is 0 Å². The van der Waals surface area contributed by atoms with Crippen LogP contribution in [0.15, 0.2) is 17.3 Å². The van der Waals surface area contributed by atoms with Crippen LogP contribution in [-0.4, -0.2) is 48.2 Å². The standard InChI is InChI=1S/C9H19N3O/c1-5-7-10-9(11(3)6-2)12(4)8-13/h5,7,13H,6,8H2,1-4H3/b7-5+,10-9-. The quantitative estimate of drug-likeness (QED) is 0.400. The normalized spacial score (nSPS) is 12.2. The molecule has 4 heteroatoms. The molecule has 0 aromatic heterocycles. The van der Waals surface area contributed by atoms with Gasteiger partial charge in [0, 0.05) is 26.8 Å². The van der Waals surface area contributed by atoms with Crippen molar-refractivity contribution in [1.29, 1.82) is 0 Å². The van der Waals surface area contributed by atoms with E-state index in [1.54, 1.807) is 18.1 Å². The zero-order valence-electron chi connectivity index (χ0n) is 8.86. The Kier molecular flexibility index (Phi) is 5.97. The van der Waals surface area contributed by atoms with Crippen molar-refractivity contribution in [2.75, 3.05) is 27.4 Å². The Balaban J connectivity index is 4.53. The molecule has 0 aromatic rings. The summed E-state index contributed by atoms with van der Waals surface area (Å²) in [5.74, 6) is 0.767. The zero-order chi connectivity index (χ0) is 10.3. The van der Waals surface area contributed by atoms with Gasteiger partial charge in [0.1, 0.15) is 6.73 Å². The van der Waals surface area contributed by atoms with Crippen molar-refractivity contribution in [3.63, 3.8) is 0 Å². The lowest BCUT2D eigenvalue weighted by molar-refractivity contribution is 0.178. The van der Waals surface area contributed by atoms with Crippen molar-refractivity contribution in [1.82, 2.24) is 9.80 Å². The average molecular weight is 185 g/mol. The van der Waals surface area contributed by atoms with Crippen LogP contribution in [0.1, 0.15) is 13.8 Å². The predicted molar refractivity (Wildman–Crippen MR) is 55.4 cm³/mol. The monoisotopic (exact) mass is 185 g/mol. The van der Waals surface area contributed by atoms with Gasteiger partial charge in [0.15, 0.2) is 0 Å². The summed E-state index contributed by atoms with van der Waals surface area (Å²) in [6, 6.07) is 0. The number of aliphatic imine (C=N–C) groups is 1. The minimum Gasteiger partial charge on any atom is -0.376 e. The fourth-order valence-electron chi connectivity index (χ4n) is 0.834. The Hall–Kier alpha value is -1.03. The minimum atomic E-state index is -0.0271. The highest BCUT2D eigenvalue weighted by atomic mass is 16.3. The molecular weight excluding hydrogens is 166 g/mol. The van der Waals surface area contributed by atoms with Gasteiger partial charge in [-0.05, 0) is 13.8 Å².